The van der Waals surface area contributed by atoms with Gasteiger partial charge in [0.05, 0.1) is 26.9 Å². The highest BCUT2D eigenvalue weighted by Crippen LogP contribution is 2.39. The maximum absolute atomic E-state index is 12.0. The van der Waals surface area contributed by atoms with Gasteiger partial charge in [0.25, 0.3) is 5.91 Å². The monoisotopic (exact) mass is 302 g/mol. The first-order chi connectivity index (χ1) is 10.7. The first-order valence-electron chi connectivity index (χ1n) is 6.67. The molecule has 1 aromatic heterocycles. The van der Waals surface area contributed by atoms with Gasteiger partial charge in [0.2, 0.25) is 5.75 Å². The molecule has 0 spiro atoms. The van der Waals surface area contributed by atoms with Gasteiger partial charge in [-0.05, 0) is 24.3 Å². The number of rotatable bonds is 6. The van der Waals surface area contributed by atoms with Crippen molar-refractivity contribution >= 4 is 5.91 Å². The van der Waals surface area contributed by atoms with Crippen molar-refractivity contribution in [2.45, 2.75) is 6.54 Å². The van der Waals surface area contributed by atoms with Gasteiger partial charge in [0.1, 0.15) is 0 Å². The summed E-state index contributed by atoms with van der Waals surface area (Å²) in [5.74, 6) is 1.40. The minimum atomic E-state index is -0.204. The Morgan fingerprint density at radius 2 is 1.86 bits per heavy atom. The maximum Gasteiger partial charge on any atom is 0.253 e. The summed E-state index contributed by atoms with van der Waals surface area (Å²) < 4.78 is 15.9. The zero-order chi connectivity index (χ0) is 15.9. The zero-order valence-electron chi connectivity index (χ0n) is 12.8. The van der Waals surface area contributed by atoms with Crippen molar-refractivity contribution < 1.29 is 19.0 Å². The number of nitrogens with zero attached hydrogens (tertiary/aromatic N) is 1. The molecule has 0 bridgehead atoms. The van der Waals surface area contributed by atoms with Crippen molar-refractivity contribution in [1.82, 2.24) is 10.3 Å². The van der Waals surface area contributed by atoms with E-state index in [4.69, 9.17) is 14.2 Å². The van der Waals surface area contributed by atoms with Crippen LogP contribution in [0.1, 0.15) is 15.9 Å². The fourth-order valence-corrected chi connectivity index (χ4v) is 2.08. The third-order valence-electron chi connectivity index (χ3n) is 3.15. The van der Waals surface area contributed by atoms with Crippen LogP contribution >= 0.6 is 0 Å². The van der Waals surface area contributed by atoms with Gasteiger partial charge in [-0.1, -0.05) is 0 Å². The van der Waals surface area contributed by atoms with Gasteiger partial charge in [-0.2, -0.15) is 0 Å². The number of pyridine rings is 1. The highest BCUT2D eigenvalue weighted by atomic mass is 16.5. The molecular weight excluding hydrogens is 284 g/mol. The van der Waals surface area contributed by atoms with Crippen LogP contribution in [-0.2, 0) is 6.54 Å². The van der Waals surface area contributed by atoms with Gasteiger partial charge in [0, 0.05) is 24.5 Å². The lowest BCUT2D eigenvalue weighted by molar-refractivity contribution is 0.0950. The Balaban J connectivity index is 2.18. The number of nitrogens with one attached hydrogen (secondary N) is 1. The van der Waals surface area contributed by atoms with E-state index in [0.717, 1.165) is 5.56 Å². The van der Waals surface area contributed by atoms with E-state index in [1.54, 1.807) is 45.7 Å². The number of hydrogen-bond acceptors (Lipinski definition) is 5. The van der Waals surface area contributed by atoms with E-state index in [0.29, 0.717) is 29.4 Å². The summed E-state index contributed by atoms with van der Waals surface area (Å²) in [4.78, 5) is 16.0. The predicted molar refractivity (Wildman–Crippen MR) is 81.5 cm³/mol. The number of ether oxygens (including phenoxy) is 3. The average molecular weight is 302 g/mol. The first kappa shape index (κ1) is 15.6. The van der Waals surface area contributed by atoms with Crippen LogP contribution in [0.3, 0.4) is 0 Å². The summed E-state index contributed by atoms with van der Waals surface area (Å²) in [6.07, 6.45) is 3.13. The van der Waals surface area contributed by atoms with Gasteiger partial charge in [-0.3, -0.25) is 9.78 Å². The fourth-order valence-electron chi connectivity index (χ4n) is 2.08. The second kappa shape index (κ2) is 7.31. The van der Waals surface area contributed by atoms with Crippen molar-refractivity contribution in [3.8, 4) is 17.2 Å². The summed E-state index contributed by atoms with van der Waals surface area (Å²) in [5.41, 5.74) is 1.29. The van der Waals surface area contributed by atoms with Crippen molar-refractivity contribution in [2.75, 3.05) is 21.3 Å². The molecule has 116 valence electrons. The molecule has 2 rings (SSSR count). The number of amides is 1. The fraction of sp³-hybridized carbons (Fsp3) is 0.250. The van der Waals surface area contributed by atoms with Crippen LogP contribution in [0.2, 0.25) is 0 Å². The molecule has 0 fully saturated rings. The molecule has 0 unspecified atom stereocenters. The molecule has 0 atom stereocenters. The Hall–Kier alpha value is -2.76. The number of benzene rings is 1. The number of methoxy groups -OCH3 is 3. The van der Waals surface area contributed by atoms with E-state index in [2.05, 4.69) is 10.3 Å². The van der Waals surface area contributed by atoms with Crippen molar-refractivity contribution in [3.05, 3.63) is 47.8 Å². The van der Waals surface area contributed by atoms with Crippen LogP contribution < -0.4 is 19.5 Å². The summed E-state index contributed by atoms with van der Waals surface area (Å²) >= 11 is 0. The Labute approximate surface area is 129 Å². The first-order valence-corrected chi connectivity index (χ1v) is 6.67. The maximum atomic E-state index is 12.0. The Bertz CT molecular complexity index is 644. The molecule has 6 heteroatoms. The van der Waals surface area contributed by atoms with Crippen LogP contribution in [0.25, 0.3) is 0 Å². The van der Waals surface area contributed by atoms with Crippen LogP contribution in [0.15, 0.2) is 36.7 Å². The largest absolute Gasteiger partial charge is 0.493 e. The second-order valence-corrected chi connectivity index (χ2v) is 4.42. The molecule has 22 heavy (non-hydrogen) atoms. The van der Waals surface area contributed by atoms with Crippen LogP contribution in [0.5, 0.6) is 17.2 Å². The number of aromatic nitrogens is 1. The number of carbonyl (C=O) groups excluding carboxylic acids is 1. The molecule has 0 aliphatic carbocycles. The van der Waals surface area contributed by atoms with Crippen molar-refractivity contribution in [3.63, 3.8) is 0 Å². The van der Waals surface area contributed by atoms with E-state index in [-0.39, 0.29) is 5.91 Å². The van der Waals surface area contributed by atoms with Gasteiger partial charge in [-0.25, -0.2) is 0 Å². The van der Waals surface area contributed by atoms with E-state index < -0.39 is 0 Å². The molecule has 6 nitrogen and oxygen atoms in total. The average Bonchev–Trinajstić information content (AvgIpc) is 2.59. The molecule has 1 amide bonds. The highest BCUT2D eigenvalue weighted by molar-refractivity contribution is 5.93. The third kappa shape index (κ3) is 3.28. The zero-order valence-corrected chi connectivity index (χ0v) is 12.8. The van der Waals surface area contributed by atoms with Crippen LogP contribution in [-0.4, -0.2) is 32.2 Å². The molecular formula is C16H18N2O4. The standard InChI is InChI=1S/C16H18N2O4/c1-20-13-7-6-11(14(21-2)15(13)22-3)10-18-16(19)12-5-4-8-17-9-12/h4-9H,10H2,1-3H3,(H,18,19). The second-order valence-electron chi connectivity index (χ2n) is 4.42. The highest BCUT2D eigenvalue weighted by Gasteiger charge is 2.16. The van der Waals surface area contributed by atoms with Gasteiger partial charge in [0.15, 0.2) is 11.5 Å². The smallest absolute Gasteiger partial charge is 0.253 e. The molecule has 2 aromatic rings. The summed E-state index contributed by atoms with van der Waals surface area (Å²) in [6.45, 7) is 0.303. The van der Waals surface area contributed by atoms with E-state index in [9.17, 15) is 4.79 Å². The predicted octanol–water partition coefficient (Wildman–Crippen LogP) is 2.04. The van der Waals surface area contributed by atoms with Gasteiger partial charge in [-0.15, -0.1) is 0 Å². The molecule has 1 N–H and O–H groups in total. The quantitative estimate of drug-likeness (QED) is 0.884. The third-order valence-corrected chi connectivity index (χ3v) is 3.15. The van der Waals surface area contributed by atoms with Gasteiger partial charge < -0.3 is 19.5 Å². The van der Waals surface area contributed by atoms with E-state index in [1.165, 1.54) is 6.20 Å². The molecule has 0 aliphatic rings. The van der Waals surface area contributed by atoms with E-state index in [1.807, 2.05) is 6.07 Å². The molecule has 0 aliphatic heterocycles. The Kier molecular flexibility index (Phi) is 5.19. The van der Waals surface area contributed by atoms with Crippen molar-refractivity contribution in [2.24, 2.45) is 0 Å². The lowest BCUT2D eigenvalue weighted by Gasteiger charge is -2.16. The van der Waals surface area contributed by atoms with Crippen molar-refractivity contribution in [1.29, 1.82) is 0 Å². The lowest BCUT2D eigenvalue weighted by atomic mass is 10.1. The Morgan fingerprint density at radius 3 is 2.45 bits per heavy atom. The molecule has 1 aromatic carbocycles. The van der Waals surface area contributed by atoms with Crippen LogP contribution in [0, 0.1) is 0 Å². The number of carbonyl (C=O) groups is 1. The minimum Gasteiger partial charge on any atom is -0.493 e. The SMILES string of the molecule is COc1ccc(CNC(=O)c2cccnc2)c(OC)c1OC. The number of hydrogen-bond donors (Lipinski definition) is 1. The molecule has 1 heterocycles. The molecule has 0 saturated heterocycles. The Morgan fingerprint density at radius 1 is 1.09 bits per heavy atom. The summed E-state index contributed by atoms with van der Waals surface area (Å²) in [6, 6.07) is 7.01. The lowest BCUT2D eigenvalue weighted by Crippen LogP contribution is -2.23. The molecule has 0 radical (unpaired) electrons. The summed E-state index contributed by atoms with van der Waals surface area (Å²) in [7, 11) is 4.64. The minimum absolute atomic E-state index is 0.204. The topological polar surface area (TPSA) is 69.7 Å². The van der Waals surface area contributed by atoms with Crippen LogP contribution in [0.4, 0.5) is 0 Å². The van der Waals surface area contributed by atoms with Gasteiger partial charge >= 0.3 is 0 Å². The summed E-state index contributed by atoms with van der Waals surface area (Å²) in [5, 5.41) is 2.82. The van der Waals surface area contributed by atoms with E-state index >= 15 is 0 Å². The normalized spacial score (nSPS) is 9.95. The molecule has 0 saturated carbocycles.